The minimum absolute atomic E-state index is 0.0997. The first-order valence-corrected chi connectivity index (χ1v) is 9.27. The molecule has 1 fully saturated rings. The molecule has 0 aliphatic heterocycles. The standard InChI is InChI=1S/C17H25NO3S/c1-17(8-3-4-9-17)16(19)18-15-7-5-6-14(12-15)13-22(20)11-10-21-2/h5-7,12H,3-4,8-11,13H2,1-2H3,(H,18,19). The maximum atomic E-state index is 12.4. The van der Waals surface area contributed by atoms with Crippen LogP contribution in [0, 0.1) is 5.41 Å². The monoisotopic (exact) mass is 323 g/mol. The third kappa shape index (κ3) is 4.65. The number of hydrogen-bond acceptors (Lipinski definition) is 3. The van der Waals surface area contributed by atoms with E-state index < -0.39 is 10.8 Å². The van der Waals surface area contributed by atoms with E-state index in [1.165, 1.54) is 0 Å². The van der Waals surface area contributed by atoms with Crippen LogP contribution in [0.15, 0.2) is 24.3 Å². The van der Waals surface area contributed by atoms with Gasteiger partial charge >= 0.3 is 0 Å². The Labute approximate surface area is 135 Å². The van der Waals surface area contributed by atoms with Crippen molar-refractivity contribution in [3.8, 4) is 0 Å². The summed E-state index contributed by atoms with van der Waals surface area (Å²) in [7, 11) is 0.668. The number of methoxy groups -OCH3 is 1. The summed E-state index contributed by atoms with van der Waals surface area (Å²) in [5.41, 5.74) is 1.53. The molecule has 1 atom stereocenters. The minimum atomic E-state index is -0.940. The van der Waals surface area contributed by atoms with Crippen molar-refractivity contribution >= 4 is 22.4 Å². The van der Waals surface area contributed by atoms with Gasteiger partial charge in [-0.2, -0.15) is 0 Å². The van der Waals surface area contributed by atoms with E-state index in [0.29, 0.717) is 18.1 Å². The summed E-state index contributed by atoms with van der Waals surface area (Å²) < 4.78 is 16.9. The van der Waals surface area contributed by atoms with Gasteiger partial charge < -0.3 is 10.1 Å². The molecule has 0 heterocycles. The molecule has 2 rings (SSSR count). The van der Waals surface area contributed by atoms with E-state index >= 15 is 0 Å². The molecule has 1 unspecified atom stereocenters. The lowest BCUT2D eigenvalue weighted by atomic mass is 9.88. The third-order valence-electron chi connectivity index (χ3n) is 4.28. The molecule has 0 saturated heterocycles. The van der Waals surface area contributed by atoms with E-state index in [0.717, 1.165) is 36.9 Å². The SMILES string of the molecule is COCCS(=O)Cc1cccc(NC(=O)C2(C)CCCC2)c1. The van der Waals surface area contributed by atoms with Crippen LogP contribution in [-0.4, -0.2) is 29.6 Å². The fraction of sp³-hybridized carbons (Fsp3) is 0.588. The summed E-state index contributed by atoms with van der Waals surface area (Å²) in [6.07, 6.45) is 4.17. The molecule has 0 spiro atoms. The Morgan fingerprint density at radius 2 is 2.09 bits per heavy atom. The van der Waals surface area contributed by atoms with E-state index in [1.807, 2.05) is 31.2 Å². The minimum Gasteiger partial charge on any atom is -0.384 e. The van der Waals surface area contributed by atoms with Crippen LogP contribution in [0.25, 0.3) is 0 Å². The Bertz CT molecular complexity index is 538. The summed E-state index contributed by atoms with van der Waals surface area (Å²) in [5.74, 6) is 1.12. The van der Waals surface area contributed by atoms with Crippen molar-refractivity contribution in [1.82, 2.24) is 0 Å². The van der Waals surface area contributed by atoms with Crippen LogP contribution < -0.4 is 5.32 Å². The second-order valence-corrected chi connectivity index (χ2v) is 7.78. The van der Waals surface area contributed by atoms with Crippen molar-refractivity contribution in [2.75, 3.05) is 24.8 Å². The molecule has 1 aliphatic carbocycles. The summed E-state index contributed by atoms with van der Waals surface area (Å²) in [5, 5.41) is 3.02. The molecule has 1 saturated carbocycles. The molecule has 0 bridgehead atoms. The van der Waals surface area contributed by atoms with E-state index in [-0.39, 0.29) is 11.3 Å². The lowest BCUT2D eigenvalue weighted by Gasteiger charge is -2.22. The van der Waals surface area contributed by atoms with Gasteiger partial charge in [0.2, 0.25) is 5.91 Å². The van der Waals surface area contributed by atoms with E-state index in [4.69, 9.17) is 4.74 Å². The van der Waals surface area contributed by atoms with Crippen molar-refractivity contribution < 1.29 is 13.7 Å². The number of carbonyl (C=O) groups excluding carboxylic acids is 1. The van der Waals surface area contributed by atoms with Gasteiger partial charge in [-0.3, -0.25) is 9.00 Å². The van der Waals surface area contributed by atoms with Gasteiger partial charge in [-0.25, -0.2) is 0 Å². The number of hydrogen-bond donors (Lipinski definition) is 1. The lowest BCUT2D eigenvalue weighted by Crippen LogP contribution is -2.30. The molecule has 1 amide bonds. The van der Waals surface area contributed by atoms with E-state index in [9.17, 15) is 9.00 Å². The topological polar surface area (TPSA) is 55.4 Å². The molecule has 1 N–H and O–H groups in total. The normalized spacial score (nSPS) is 18.1. The highest BCUT2D eigenvalue weighted by Crippen LogP contribution is 2.38. The molecule has 122 valence electrons. The van der Waals surface area contributed by atoms with Crippen molar-refractivity contribution in [2.45, 2.75) is 38.4 Å². The molecule has 0 radical (unpaired) electrons. The predicted octanol–water partition coefficient (Wildman–Crippen LogP) is 3.10. The molecule has 1 aromatic carbocycles. The predicted molar refractivity (Wildman–Crippen MR) is 90.2 cm³/mol. The lowest BCUT2D eigenvalue weighted by molar-refractivity contribution is -0.124. The maximum absolute atomic E-state index is 12.4. The first kappa shape index (κ1) is 17.2. The molecule has 0 aromatic heterocycles. The Morgan fingerprint density at radius 1 is 1.36 bits per heavy atom. The highest BCUT2D eigenvalue weighted by atomic mass is 32.2. The van der Waals surface area contributed by atoms with Crippen molar-refractivity contribution in [3.63, 3.8) is 0 Å². The van der Waals surface area contributed by atoms with Crippen molar-refractivity contribution in [2.24, 2.45) is 5.41 Å². The van der Waals surface area contributed by atoms with Crippen LogP contribution in [0.5, 0.6) is 0 Å². The molecule has 1 aromatic rings. The van der Waals surface area contributed by atoms with Crippen molar-refractivity contribution in [1.29, 1.82) is 0 Å². The first-order chi connectivity index (χ1) is 10.5. The second-order valence-electron chi connectivity index (χ2n) is 6.20. The van der Waals surface area contributed by atoms with Crippen molar-refractivity contribution in [3.05, 3.63) is 29.8 Å². The molecule has 4 nitrogen and oxygen atoms in total. The fourth-order valence-corrected chi connectivity index (χ4v) is 3.89. The molecule has 1 aliphatic rings. The zero-order valence-electron chi connectivity index (χ0n) is 13.4. The number of amides is 1. The molecular formula is C17H25NO3S. The largest absolute Gasteiger partial charge is 0.384 e. The third-order valence-corrected chi connectivity index (χ3v) is 5.56. The van der Waals surface area contributed by atoms with Gasteiger partial charge in [-0.1, -0.05) is 31.9 Å². The highest BCUT2D eigenvalue weighted by Gasteiger charge is 2.36. The molecule has 5 heteroatoms. The molecular weight excluding hydrogens is 298 g/mol. The summed E-state index contributed by atoms with van der Waals surface area (Å²) in [6.45, 7) is 2.54. The fourth-order valence-electron chi connectivity index (χ4n) is 2.84. The zero-order valence-corrected chi connectivity index (χ0v) is 14.2. The van der Waals surface area contributed by atoms with E-state index in [1.54, 1.807) is 7.11 Å². The van der Waals surface area contributed by atoms with Gasteiger partial charge in [-0.15, -0.1) is 0 Å². The van der Waals surface area contributed by atoms with Gasteiger partial charge in [0.15, 0.2) is 0 Å². The van der Waals surface area contributed by atoms with Crippen LogP contribution >= 0.6 is 0 Å². The van der Waals surface area contributed by atoms with Gasteiger partial charge in [0.05, 0.1) is 6.61 Å². The second kappa shape index (κ2) is 7.88. The quantitative estimate of drug-likeness (QED) is 0.839. The summed E-state index contributed by atoms with van der Waals surface area (Å²) in [6, 6.07) is 7.64. The van der Waals surface area contributed by atoms with Crippen LogP contribution in [0.4, 0.5) is 5.69 Å². The Hall–Kier alpha value is -1.20. The average Bonchev–Trinajstić information content (AvgIpc) is 2.94. The summed E-state index contributed by atoms with van der Waals surface area (Å²) >= 11 is 0. The smallest absolute Gasteiger partial charge is 0.230 e. The number of carbonyl (C=O) groups is 1. The van der Waals surface area contributed by atoms with Crippen LogP contribution in [0.2, 0.25) is 0 Å². The number of benzene rings is 1. The number of rotatable bonds is 7. The van der Waals surface area contributed by atoms with E-state index in [2.05, 4.69) is 5.32 Å². The van der Waals surface area contributed by atoms with Gasteiger partial charge in [-0.05, 0) is 30.5 Å². The number of ether oxygens (including phenoxy) is 1. The van der Waals surface area contributed by atoms with Crippen LogP contribution in [-0.2, 0) is 26.1 Å². The Morgan fingerprint density at radius 3 is 2.77 bits per heavy atom. The number of nitrogens with one attached hydrogen (secondary N) is 1. The Balaban J connectivity index is 1.96. The van der Waals surface area contributed by atoms with Gasteiger partial charge in [0.1, 0.15) is 0 Å². The average molecular weight is 323 g/mol. The number of anilines is 1. The van der Waals surface area contributed by atoms with Crippen LogP contribution in [0.1, 0.15) is 38.2 Å². The van der Waals surface area contributed by atoms with Gasteiger partial charge in [0.25, 0.3) is 0 Å². The van der Waals surface area contributed by atoms with Crippen LogP contribution in [0.3, 0.4) is 0 Å². The highest BCUT2D eigenvalue weighted by molar-refractivity contribution is 7.84. The molecule has 22 heavy (non-hydrogen) atoms. The first-order valence-electron chi connectivity index (χ1n) is 7.78. The maximum Gasteiger partial charge on any atom is 0.230 e. The zero-order chi connectivity index (χ0) is 16.0. The summed E-state index contributed by atoms with van der Waals surface area (Å²) in [4.78, 5) is 12.4. The van der Waals surface area contributed by atoms with Gasteiger partial charge in [0, 0.05) is 40.5 Å². The Kier molecular flexibility index (Phi) is 6.15.